The number of likely N-dealkylation sites (N-methyl/N-ethyl adjacent to an activating group) is 1. The van der Waals surface area contributed by atoms with Crippen molar-refractivity contribution in [3.8, 4) is 0 Å². The fraction of sp³-hybridized carbons (Fsp3) is 0.722. The molecule has 0 spiro atoms. The van der Waals surface area contributed by atoms with E-state index in [2.05, 4.69) is 24.5 Å². The highest BCUT2D eigenvalue weighted by molar-refractivity contribution is 7.80. The van der Waals surface area contributed by atoms with Crippen molar-refractivity contribution in [3.63, 3.8) is 0 Å². The Bertz CT molecular complexity index is 505. The number of nitrogens with two attached hydrogens (primary N) is 1. The first-order valence-electron chi connectivity index (χ1n) is 8.76. The average molecular weight is 371 g/mol. The number of thiol groups is 1. The minimum absolute atomic E-state index is 0.194. The number of amides is 2. The Balaban J connectivity index is 5.31. The first-order valence-corrected chi connectivity index (χ1v) is 9.39. The smallest absolute Gasteiger partial charge is 0.318 e. The quantitative estimate of drug-likeness (QED) is 0.352. The zero-order valence-electron chi connectivity index (χ0n) is 16.5. The molecule has 2 unspecified atom stereocenters. The van der Waals surface area contributed by atoms with Crippen LogP contribution in [0.25, 0.3) is 0 Å². The summed E-state index contributed by atoms with van der Waals surface area (Å²) >= 11 is 4.29. The van der Waals surface area contributed by atoms with Crippen molar-refractivity contribution in [2.45, 2.75) is 59.4 Å². The number of primary amides is 1. The monoisotopic (exact) mass is 370 g/mol. The largest absolute Gasteiger partial charge is 0.353 e. The van der Waals surface area contributed by atoms with Gasteiger partial charge < -0.3 is 15.5 Å². The van der Waals surface area contributed by atoms with Gasteiger partial charge in [0.05, 0.1) is 11.7 Å². The number of ketones is 1. The molecule has 0 aliphatic heterocycles. The van der Waals surface area contributed by atoms with Gasteiger partial charge in [-0.05, 0) is 44.8 Å². The third kappa shape index (κ3) is 8.95. The van der Waals surface area contributed by atoms with Gasteiger partial charge in [0.15, 0.2) is 5.78 Å². The molecule has 0 aliphatic carbocycles. The fourth-order valence-corrected chi connectivity index (χ4v) is 3.01. The first kappa shape index (κ1) is 23.5. The molecule has 0 radical (unpaired) electrons. The van der Waals surface area contributed by atoms with Crippen molar-refractivity contribution < 1.29 is 9.59 Å². The van der Waals surface area contributed by atoms with Gasteiger partial charge in [-0.1, -0.05) is 13.8 Å². The molecule has 0 aromatic heterocycles. The summed E-state index contributed by atoms with van der Waals surface area (Å²) in [7, 11) is 3.47. The highest BCUT2D eigenvalue weighted by Gasteiger charge is 2.25. The van der Waals surface area contributed by atoms with E-state index in [0.717, 1.165) is 30.9 Å². The van der Waals surface area contributed by atoms with Crippen LogP contribution in [0.4, 0.5) is 4.79 Å². The number of urea groups is 1. The molecule has 144 valence electrons. The van der Waals surface area contributed by atoms with Gasteiger partial charge in [-0.25, -0.2) is 9.79 Å². The maximum atomic E-state index is 12.6. The van der Waals surface area contributed by atoms with Crippen molar-refractivity contribution in [1.82, 2.24) is 9.80 Å². The fourth-order valence-electron chi connectivity index (χ4n) is 2.57. The standard InChI is InChI=1S/C18H34N4O2S/c1-7-8-17(23)16(11-13(2)9-10-25)22(6)15(4)20-14(3)12-21(5)18(19)24/h12-13,16,25H,7-11H2,1-6H3,(H2,19,24). The summed E-state index contributed by atoms with van der Waals surface area (Å²) in [6.07, 6.45) is 4.74. The lowest BCUT2D eigenvalue weighted by atomic mass is 9.94. The van der Waals surface area contributed by atoms with Crippen LogP contribution >= 0.6 is 12.6 Å². The number of allylic oxidation sites excluding steroid dienone is 1. The molecular formula is C18H34N4O2S. The molecule has 0 rings (SSSR count). The zero-order chi connectivity index (χ0) is 19.6. The van der Waals surface area contributed by atoms with Crippen LogP contribution in [0.2, 0.25) is 0 Å². The molecule has 6 nitrogen and oxygen atoms in total. The second kappa shape index (κ2) is 12.0. The van der Waals surface area contributed by atoms with Crippen LogP contribution in [0.3, 0.4) is 0 Å². The van der Waals surface area contributed by atoms with Crippen molar-refractivity contribution in [2.24, 2.45) is 16.6 Å². The summed E-state index contributed by atoms with van der Waals surface area (Å²) in [5, 5.41) is 0. The lowest BCUT2D eigenvalue weighted by molar-refractivity contribution is -0.123. The Hall–Kier alpha value is -1.50. The van der Waals surface area contributed by atoms with Crippen LogP contribution in [0, 0.1) is 5.92 Å². The van der Waals surface area contributed by atoms with Gasteiger partial charge >= 0.3 is 6.03 Å². The Kier molecular flexibility index (Phi) is 11.2. The molecule has 0 aliphatic rings. The van der Waals surface area contributed by atoms with E-state index in [9.17, 15) is 9.59 Å². The summed E-state index contributed by atoms with van der Waals surface area (Å²) < 4.78 is 0. The lowest BCUT2D eigenvalue weighted by Crippen LogP contribution is -2.42. The van der Waals surface area contributed by atoms with Gasteiger partial charge in [0.2, 0.25) is 0 Å². The van der Waals surface area contributed by atoms with E-state index in [1.165, 1.54) is 4.90 Å². The van der Waals surface area contributed by atoms with Crippen molar-refractivity contribution in [1.29, 1.82) is 0 Å². The first-order chi connectivity index (χ1) is 11.6. The number of hydrogen-bond acceptors (Lipinski definition) is 4. The van der Waals surface area contributed by atoms with E-state index in [4.69, 9.17) is 5.73 Å². The molecule has 0 saturated carbocycles. The molecule has 0 saturated heterocycles. The van der Waals surface area contributed by atoms with Crippen molar-refractivity contribution >= 4 is 30.3 Å². The summed E-state index contributed by atoms with van der Waals surface area (Å²) in [6, 6.07) is -0.739. The second-order valence-corrected chi connectivity index (χ2v) is 7.02. The molecule has 0 fully saturated rings. The second-order valence-electron chi connectivity index (χ2n) is 6.57. The maximum Gasteiger partial charge on any atom is 0.318 e. The number of amidine groups is 1. The number of nitrogens with zero attached hydrogens (tertiary/aromatic N) is 3. The normalized spacial score (nSPS) is 14.8. The predicted octanol–water partition coefficient (Wildman–Crippen LogP) is 3.29. The van der Waals surface area contributed by atoms with E-state index in [1.54, 1.807) is 20.2 Å². The number of hydrogen-bond donors (Lipinski definition) is 2. The van der Waals surface area contributed by atoms with Crippen LogP contribution in [-0.4, -0.2) is 53.3 Å². The predicted molar refractivity (Wildman–Crippen MR) is 108 cm³/mol. The summed E-state index contributed by atoms with van der Waals surface area (Å²) in [5.74, 6) is 2.20. The molecular weight excluding hydrogens is 336 g/mol. The molecule has 0 aromatic carbocycles. The molecule has 2 N–H and O–H groups in total. The molecule has 0 bridgehead atoms. The summed E-state index contributed by atoms with van der Waals surface area (Å²) in [6.45, 7) is 7.83. The van der Waals surface area contributed by atoms with Gasteiger partial charge in [0.1, 0.15) is 5.84 Å². The number of Topliss-reactive ketones (excluding diaryl/α,β-unsaturated/α-hetero) is 1. The maximum absolute atomic E-state index is 12.6. The number of aliphatic imine (C=N–C) groups is 1. The van der Waals surface area contributed by atoms with Gasteiger partial charge in [-0.3, -0.25) is 4.79 Å². The topological polar surface area (TPSA) is 79.0 Å². The van der Waals surface area contributed by atoms with Gasteiger partial charge in [-0.2, -0.15) is 12.6 Å². The Labute approximate surface area is 157 Å². The average Bonchev–Trinajstić information content (AvgIpc) is 2.51. The van der Waals surface area contributed by atoms with Crippen LogP contribution in [0.1, 0.15) is 53.4 Å². The third-order valence-corrected chi connectivity index (χ3v) is 4.42. The summed E-state index contributed by atoms with van der Waals surface area (Å²) in [5.41, 5.74) is 5.86. The lowest BCUT2D eigenvalue weighted by Gasteiger charge is -2.30. The number of carbonyl (C=O) groups excluding carboxylic acids is 2. The van der Waals surface area contributed by atoms with E-state index >= 15 is 0 Å². The SMILES string of the molecule is CCCC(=O)C(CC(C)CCS)N(C)C(C)=NC(C)=CN(C)C(N)=O. The van der Waals surface area contributed by atoms with Gasteiger partial charge in [0.25, 0.3) is 0 Å². The van der Waals surface area contributed by atoms with Crippen LogP contribution in [0.5, 0.6) is 0 Å². The molecule has 25 heavy (non-hydrogen) atoms. The van der Waals surface area contributed by atoms with Crippen molar-refractivity contribution in [3.05, 3.63) is 11.9 Å². The molecule has 2 atom stereocenters. The van der Waals surface area contributed by atoms with Gasteiger partial charge in [0, 0.05) is 26.7 Å². The van der Waals surface area contributed by atoms with Crippen molar-refractivity contribution in [2.75, 3.05) is 19.8 Å². The Morgan fingerprint density at radius 2 is 1.88 bits per heavy atom. The molecule has 7 heteroatoms. The van der Waals surface area contributed by atoms with Crippen LogP contribution in [0.15, 0.2) is 16.9 Å². The van der Waals surface area contributed by atoms with Crippen LogP contribution in [-0.2, 0) is 4.79 Å². The zero-order valence-corrected chi connectivity index (χ0v) is 17.3. The molecule has 0 aromatic rings. The van der Waals surface area contributed by atoms with Gasteiger partial charge in [-0.15, -0.1) is 0 Å². The minimum Gasteiger partial charge on any atom is -0.353 e. The number of rotatable bonds is 10. The van der Waals surface area contributed by atoms with E-state index in [1.807, 2.05) is 25.8 Å². The van der Waals surface area contributed by atoms with E-state index < -0.39 is 6.03 Å². The Morgan fingerprint density at radius 3 is 2.36 bits per heavy atom. The van der Waals surface area contributed by atoms with Crippen LogP contribution < -0.4 is 5.73 Å². The highest BCUT2D eigenvalue weighted by Crippen LogP contribution is 2.18. The minimum atomic E-state index is -0.544. The molecule has 2 amide bonds. The Morgan fingerprint density at radius 1 is 1.28 bits per heavy atom. The van der Waals surface area contributed by atoms with E-state index in [-0.39, 0.29) is 11.8 Å². The third-order valence-electron chi connectivity index (χ3n) is 4.16. The highest BCUT2D eigenvalue weighted by atomic mass is 32.1. The molecule has 0 heterocycles. The van der Waals surface area contributed by atoms with E-state index in [0.29, 0.717) is 18.0 Å². The summed E-state index contributed by atoms with van der Waals surface area (Å²) in [4.78, 5) is 31.4. The number of carbonyl (C=O) groups is 2.